The average molecular weight is 552 g/mol. The van der Waals surface area contributed by atoms with Gasteiger partial charge < -0.3 is 9.88 Å². The number of aromatic nitrogens is 2. The Balaban J connectivity index is 1.67. The van der Waals surface area contributed by atoms with Crippen LogP contribution in [0.15, 0.2) is 90.2 Å². The second-order valence-corrected chi connectivity index (χ2v) is 11.1. The van der Waals surface area contributed by atoms with Crippen molar-refractivity contribution in [3.63, 3.8) is 0 Å². The molecular formula is C28H24F3N5O2S. The van der Waals surface area contributed by atoms with Gasteiger partial charge in [-0.3, -0.25) is 0 Å². The van der Waals surface area contributed by atoms with E-state index in [-0.39, 0.29) is 19.5 Å². The number of imidazole rings is 1. The number of fused-ring (bicyclic) bond motifs is 1. The lowest BCUT2D eigenvalue weighted by molar-refractivity contribution is -0.139. The maximum atomic E-state index is 14.1. The third kappa shape index (κ3) is 5.53. The third-order valence-electron chi connectivity index (χ3n) is 6.71. The van der Waals surface area contributed by atoms with E-state index in [1.165, 1.54) is 12.1 Å². The molecule has 0 spiro atoms. The molecule has 0 radical (unpaired) electrons. The summed E-state index contributed by atoms with van der Waals surface area (Å²) in [5, 5.41) is 9.52. The molecule has 11 heteroatoms. The molecule has 0 bridgehead atoms. The van der Waals surface area contributed by atoms with Crippen LogP contribution in [0.2, 0.25) is 0 Å². The van der Waals surface area contributed by atoms with Crippen LogP contribution in [0.4, 0.5) is 18.9 Å². The van der Waals surface area contributed by atoms with Crippen LogP contribution in [-0.4, -0.2) is 35.3 Å². The van der Waals surface area contributed by atoms with Crippen LogP contribution in [0, 0.1) is 11.3 Å². The number of sulfonamides is 1. The summed E-state index contributed by atoms with van der Waals surface area (Å²) in [6.45, 7) is 0.322. The maximum absolute atomic E-state index is 14.1. The SMILES string of the molecule is N#Cc1ccc2c(c1)CN(S(=O)(=O)c1ccccc1C(F)(F)F)C(Cc1ccccc1)CN2Cc1c[nH]cn1. The van der Waals surface area contributed by atoms with Gasteiger partial charge in [-0.05, 0) is 47.9 Å². The van der Waals surface area contributed by atoms with E-state index in [0.717, 1.165) is 22.0 Å². The van der Waals surface area contributed by atoms with Crippen LogP contribution in [-0.2, 0) is 35.7 Å². The number of benzene rings is 3. The number of halogens is 3. The summed E-state index contributed by atoms with van der Waals surface area (Å²) in [6, 6.07) is 19.8. The van der Waals surface area contributed by atoms with Crippen molar-refractivity contribution in [3.05, 3.63) is 113 Å². The summed E-state index contributed by atoms with van der Waals surface area (Å²) in [5.41, 5.74) is 1.87. The zero-order valence-electron chi connectivity index (χ0n) is 20.6. The minimum atomic E-state index is -4.86. The first-order valence-electron chi connectivity index (χ1n) is 12.1. The Hall–Kier alpha value is -4.14. The number of anilines is 1. The molecule has 7 nitrogen and oxygen atoms in total. The molecule has 2 heterocycles. The first kappa shape index (κ1) is 26.5. The number of aromatic amines is 1. The number of nitrogens with one attached hydrogen (secondary N) is 1. The number of nitrogens with zero attached hydrogens (tertiary/aromatic N) is 4. The highest BCUT2D eigenvalue weighted by Gasteiger charge is 2.42. The van der Waals surface area contributed by atoms with E-state index in [4.69, 9.17) is 0 Å². The van der Waals surface area contributed by atoms with Crippen molar-refractivity contribution in [2.75, 3.05) is 11.4 Å². The molecule has 1 unspecified atom stereocenters. The molecule has 4 aromatic rings. The average Bonchev–Trinajstić information content (AvgIpc) is 3.38. The zero-order chi connectivity index (χ0) is 27.6. The fourth-order valence-electron chi connectivity index (χ4n) is 4.94. The molecule has 0 aliphatic carbocycles. The third-order valence-corrected chi connectivity index (χ3v) is 8.67. The number of rotatable bonds is 6. The number of hydrogen-bond donors (Lipinski definition) is 1. The van der Waals surface area contributed by atoms with Gasteiger partial charge in [0.15, 0.2) is 0 Å². The second kappa shape index (κ2) is 10.6. The molecule has 200 valence electrons. The predicted octanol–water partition coefficient (Wildman–Crippen LogP) is 5.12. The van der Waals surface area contributed by atoms with Crippen LogP contribution < -0.4 is 4.90 Å². The lowest BCUT2D eigenvalue weighted by Crippen LogP contribution is -2.46. The Morgan fingerprint density at radius 1 is 1.05 bits per heavy atom. The normalized spacial score (nSPS) is 16.4. The van der Waals surface area contributed by atoms with Crippen molar-refractivity contribution in [1.82, 2.24) is 14.3 Å². The highest BCUT2D eigenvalue weighted by molar-refractivity contribution is 7.89. The van der Waals surface area contributed by atoms with Gasteiger partial charge in [-0.2, -0.15) is 22.7 Å². The Kier molecular flexibility index (Phi) is 7.16. The van der Waals surface area contributed by atoms with E-state index in [1.807, 2.05) is 35.2 Å². The molecule has 1 aliphatic rings. The molecule has 5 rings (SSSR count). The number of nitriles is 1. The first-order valence-corrected chi connectivity index (χ1v) is 13.6. The van der Waals surface area contributed by atoms with Crippen molar-refractivity contribution < 1.29 is 21.6 Å². The van der Waals surface area contributed by atoms with Gasteiger partial charge >= 0.3 is 6.18 Å². The van der Waals surface area contributed by atoms with Gasteiger partial charge in [0.2, 0.25) is 10.0 Å². The standard InChI is InChI=1S/C28H24F3N5O2S/c29-28(30,31)25-8-4-5-9-27(25)39(37,38)36-16-22-12-21(14-32)10-11-26(22)35(17-23-15-33-19-34-23)18-24(36)13-20-6-2-1-3-7-20/h1-12,15,19,24H,13,16-18H2,(H,33,34). The van der Waals surface area contributed by atoms with Crippen LogP contribution in [0.1, 0.15) is 27.9 Å². The predicted molar refractivity (Wildman–Crippen MR) is 139 cm³/mol. The van der Waals surface area contributed by atoms with Crippen LogP contribution in [0.5, 0.6) is 0 Å². The van der Waals surface area contributed by atoms with Crippen molar-refractivity contribution in [3.8, 4) is 6.07 Å². The van der Waals surface area contributed by atoms with Gasteiger partial charge in [0, 0.05) is 31.0 Å². The monoisotopic (exact) mass is 551 g/mol. The smallest absolute Gasteiger partial charge is 0.364 e. The van der Waals surface area contributed by atoms with Crippen molar-refractivity contribution in [2.45, 2.75) is 36.6 Å². The summed E-state index contributed by atoms with van der Waals surface area (Å²) in [6.07, 6.45) is -1.32. The fourth-order valence-corrected chi connectivity index (χ4v) is 6.75. The lowest BCUT2D eigenvalue weighted by atomic mass is 10.1. The van der Waals surface area contributed by atoms with E-state index in [9.17, 15) is 26.9 Å². The molecule has 1 aromatic heterocycles. The molecule has 0 fully saturated rings. The maximum Gasteiger partial charge on any atom is 0.417 e. The summed E-state index contributed by atoms with van der Waals surface area (Å²) < 4.78 is 71.2. The minimum absolute atomic E-state index is 0.189. The fraction of sp³-hybridized carbons (Fsp3) is 0.214. The lowest BCUT2D eigenvalue weighted by Gasteiger charge is -2.32. The van der Waals surface area contributed by atoms with Crippen molar-refractivity contribution >= 4 is 15.7 Å². The summed E-state index contributed by atoms with van der Waals surface area (Å²) in [5.74, 6) is 0. The van der Waals surface area contributed by atoms with E-state index in [2.05, 4.69) is 16.0 Å². The van der Waals surface area contributed by atoms with Gasteiger partial charge in [0.25, 0.3) is 0 Å². The van der Waals surface area contributed by atoms with Crippen molar-refractivity contribution in [1.29, 1.82) is 5.26 Å². The highest BCUT2D eigenvalue weighted by atomic mass is 32.2. The largest absolute Gasteiger partial charge is 0.417 e. The van der Waals surface area contributed by atoms with E-state index in [0.29, 0.717) is 29.1 Å². The van der Waals surface area contributed by atoms with E-state index >= 15 is 0 Å². The molecular weight excluding hydrogens is 527 g/mol. The molecule has 0 amide bonds. The molecule has 1 aliphatic heterocycles. The van der Waals surface area contributed by atoms with Crippen LogP contribution in [0.25, 0.3) is 0 Å². The van der Waals surface area contributed by atoms with E-state index in [1.54, 1.807) is 30.7 Å². The van der Waals surface area contributed by atoms with Crippen LogP contribution in [0.3, 0.4) is 0 Å². The van der Waals surface area contributed by atoms with Gasteiger partial charge in [-0.15, -0.1) is 0 Å². The van der Waals surface area contributed by atoms with Gasteiger partial charge in [-0.25, -0.2) is 13.4 Å². The summed E-state index contributed by atoms with van der Waals surface area (Å²) >= 11 is 0. The minimum Gasteiger partial charge on any atom is -0.364 e. The quantitative estimate of drug-likeness (QED) is 0.359. The Bertz CT molecular complexity index is 1600. The van der Waals surface area contributed by atoms with Crippen molar-refractivity contribution in [2.24, 2.45) is 0 Å². The highest BCUT2D eigenvalue weighted by Crippen LogP contribution is 2.38. The Morgan fingerprint density at radius 3 is 2.49 bits per heavy atom. The summed E-state index contributed by atoms with van der Waals surface area (Å²) in [4.78, 5) is 8.38. The molecule has 3 aromatic carbocycles. The number of hydrogen-bond acceptors (Lipinski definition) is 5. The van der Waals surface area contributed by atoms with E-state index < -0.39 is 32.7 Å². The number of H-pyrrole nitrogens is 1. The topological polar surface area (TPSA) is 93.1 Å². The number of alkyl halides is 3. The first-order chi connectivity index (χ1) is 18.7. The van der Waals surface area contributed by atoms with Gasteiger partial charge in [0.1, 0.15) is 0 Å². The molecule has 0 saturated carbocycles. The van der Waals surface area contributed by atoms with Gasteiger partial charge in [-0.1, -0.05) is 42.5 Å². The molecule has 0 saturated heterocycles. The second-order valence-electron chi connectivity index (χ2n) is 9.28. The molecule has 1 atom stereocenters. The van der Waals surface area contributed by atoms with Gasteiger partial charge in [0.05, 0.1) is 40.7 Å². The molecule has 39 heavy (non-hydrogen) atoms. The Labute approximate surface area is 224 Å². The van der Waals surface area contributed by atoms with Crippen LogP contribution >= 0.6 is 0 Å². The Morgan fingerprint density at radius 2 is 1.79 bits per heavy atom. The molecule has 1 N–H and O–H groups in total. The summed E-state index contributed by atoms with van der Waals surface area (Å²) in [7, 11) is -4.63. The zero-order valence-corrected chi connectivity index (χ0v) is 21.5.